The van der Waals surface area contributed by atoms with Crippen molar-refractivity contribution in [3.05, 3.63) is 148 Å². The number of hydrogen-bond acceptors (Lipinski definition) is 8. The van der Waals surface area contributed by atoms with Crippen molar-refractivity contribution in [2.75, 3.05) is 39.3 Å². The number of rotatable bonds is 12. The summed E-state index contributed by atoms with van der Waals surface area (Å²) in [6.07, 6.45) is 7.98. The number of amides is 2. The summed E-state index contributed by atoms with van der Waals surface area (Å²) >= 11 is 6.37. The summed E-state index contributed by atoms with van der Waals surface area (Å²) in [4.78, 5) is 34.1. The number of ether oxygens (including phenoxy) is 3. The molecule has 3 heterocycles. The van der Waals surface area contributed by atoms with Crippen LogP contribution < -0.4 is 14.2 Å². The molecule has 0 N–H and O–H groups in total. The topological polar surface area (TPSA) is 123 Å². The van der Waals surface area contributed by atoms with Crippen molar-refractivity contribution in [3.8, 4) is 46.6 Å². The van der Waals surface area contributed by atoms with Crippen molar-refractivity contribution in [1.29, 1.82) is 10.5 Å². The molecule has 2 amide bonds. The molecule has 7 rings (SSSR count). The Kier molecular flexibility index (Phi) is 12.2. The lowest BCUT2D eigenvalue weighted by molar-refractivity contribution is -0.135. The Labute approximate surface area is 342 Å². The first-order valence-corrected chi connectivity index (χ1v) is 19.2. The third-order valence-electron chi connectivity index (χ3n) is 10.1. The lowest BCUT2D eigenvalue weighted by atomic mass is 10.0. The van der Waals surface area contributed by atoms with Gasteiger partial charge in [-0.05, 0) is 89.6 Å². The van der Waals surface area contributed by atoms with Gasteiger partial charge in [0.15, 0.2) is 0 Å². The Bertz CT molecular complexity index is 2410. The molecule has 290 valence electrons. The number of nitrogens with zero attached hydrogens (tertiary/aromatic N) is 6. The summed E-state index contributed by atoms with van der Waals surface area (Å²) in [6, 6.07) is 33.3. The average molecular weight is 792 g/mol. The molecule has 12 heteroatoms. The molecule has 3 aliphatic heterocycles. The molecular weight excluding hydrogens is 752 g/mol. The third kappa shape index (κ3) is 9.57. The number of nitriles is 2. The number of carbonyl (C=O) groups is 2. The van der Waals surface area contributed by atoms with Crippen molar-refractivity contribution in [2.45, 2.75) is 31.3 Å². The quantitative estimate of drug-likeness (QED) is 0.138. The molecule has 1 unspecified atom stereocenters. The summed E-state index contributed by atoms with van der Waals surface area (Å²) in [5, 5.41) is 19.8. The fourth-order valence-corrected chi connectivity index (χ4v) is 6.92. The van der Waals surface area contributed by atoms with Crippen molar-refractivity contribution in [3.63, 3.8) is 0 Å². The monoisotopic (exact) mass is 791 g/mol. The van der Waals surface area contributed by atoms with Crippen molar-refractivity contribution < 1.29 is 23.8 Å². The van der Waals surface area contributed by atoms with Crippen molar-refractivity contribution in [2.24, 2.45) is 0 Å². The Morgan fingerprint density at radius 2 is 1.50 bits per heavy atom. The molecule has 0 aromatic heterocycles. The van der Waals surface area contributed by atoms with Gasteiger partial charge in [-0.1, -0.05) is 54.6 Å². The van der Waals surface area contributed by atoms with E-state index < -0.39 is 0 Å². The van der Waals surface area contributed by atoms with Crippen LogP contribution in [0, 0.1) is 28.7 Å². The highest BCUT2D eigenvalue weighted by atomic mass is 35.5. The molecule has 58 heavy (non-hydrogen) atoms. The minimum atomic E-state index is -0.191. The number of likely N-dealkylation sites (tertiary alicyclic amines) is 3. The molecule has 0 radical (unpaired) electrons. The van der Waals surface area contributed by atoms with Gasteiger partial charge in [0, 0.05) is 29.7 Å². The van der Waals surface area contributed by atoms with Crippen LogP contribution in [-0.4, -0.2) is 90.1 Å². The predicted molar refractivity (Wildman–Crippen MR) is 221 cm³/mol. The maximum atomic E-state index is 12.7. The minimum Gasteiger partial charge on any atom is -0.488 e. The van der Waals surface area contributed by atoms with Crippen molar-refractivity contribution >= 4 is 29.5 Å². The highest BCUT2D eigenvalue weighted by Gasteiger charge is 2.33. The molecule has 3 aliphatic rings. The van der Waals surface area contributed by atoms with Gasteiger partial charge in [0.2, 0.25) is 5.91 Å². The molecule has 0 spiro atoms. The Morgan fingerprint density at radius 1 is 0.810 bits per heavy atom. The molecule has 1 atom stereocenters. The summed E-state index contributed by atoms with van der Waals surface area (Å²) in [7, 11) is 0. The number of carbonyl (C=O) groups excluding carboxylic acids is 2. The van der Waals surface area contributed by atoms with Gasteiger partial charge in [-0.3, -0.25) is 14.5 Å². The maximum absolute atomic E-state index is 12.7. The molecule has 0 saturated carbocycles. The first-order chi connectivity index (χ1) is 28.2. The van der Waals surface area contributed by atoms with Crippen LogP contribution in [0.3, 0.4) is 0 Å². The molecule has 0 bridgehead atoms. The van der Waals surface area contributed by atoms with E-state index in [0.717, 1.165) is 41.1 Å². The van der Waals surface area contributed by atoms with E-state index in [-0.39, 0.29) is 36.2 Å². The van der Waals surface area contributed by atoms with Crippen LogP contribution in [0.15, 0.2) is 116 Å². The fourth-order valence-electron chi connectivity index (χ4n) is 6.68. The lowest BCUT2D eigenvalue weighted by Crippen LogP contribution is -2.56. The predicted octanol–water partition coefficient (Wildman–Crippen LogP) is 7.18. The summed E-state index contributed by atoms with van der Waals surface area (Å²) in [5.41, 5.74) is 4.18. The van der Waals surface area contributed by atoms with Crippen LogP contribution in [0.25, 0.3) is 22.0 Å². The second kappa shape index (κ2) is 18.0. The van der Waals surface area contributed by atoms with Crippen molar-refractivity contribution in [1.82, 2.24) is 14.7 Å². The third-order valence-corrected chi connectivity index (χ3v) is 10.4. The first-order valence-electron chi connectivity index (χ1n) is 18.9. The van der Waals surface area contributed by atoms with Crippen LogP contribution in [0.4, 0.5) is 0 Å². The average Bonchev–Trinajstić information content (AvgIpc) is 3.19. The van der Waals surface area contributed by atoms with Crippen LogP contribution in [-0.2, 0) is 9.59 Å². The highest BCUT2D eigenvalue weighted by Crippen LogP contribution is 2.32. The van der Waals surface area contributed by atoms with Gasteiger partial charge < -0.3 is 24.0 Å². The van der Waals surface area contributed by atoms with E-state index in [0.29, 0.717) is 53.8 Å². The second-order valence-corrected chi connectivity index (χ2v) is 14.7. The van der Waals surface area contributed by atoms with E-state index in [1.807, 2.05) is 66.7 Å². The maximum Gasteiger partial charge on any atom is 0.319 e. The highest BCUT2D eigenvalue weighted by molar-refractivity contribution is 6.33. The Hall–Kier alpha value is -6.84. The summed E-state index contributed by atoms with van der Waals surface area (Å²) in [5.74, 6) is 1.53. The van der Waals surface area contributed by atoms with E-state index in [4.69, 9.17) is 25.8 Å². The van der Waals surface area contributed by atoms with E-state index in [1.54, 1.807) is 34.1 Å². The molecule has 4 aromatic carbocycles. The van der Waals surface area contributed by atoms with Gasteiger partial charge in [0.1, 0.15) is 47.2 Å². The molecule has 11 nitrogen and oxygen atoms in total. The van der Waals surface area contributed by atoms with Crippen LogP contribution in [0.1, 0.15) is 29.2 Å². The standard InChI is InChI=1S/C46H40ClN6O5/c1-3-45(54)52-29-41(30-52)58-44-15-12-32(18-36(44)23-49)9-8-31(2)51-25-39(26-51)56-37-13-10-33(11-14-37)24-50-17-16-46(55)53-27-40(28-53)57-38-20-34(22-48)19-35(21-38)42-6-4-5-7-43(42)47/h3-21,31,39-41H,1,25-30H2,2H3/q+1/b9-8+,17-16+. The van der Waals surface area contributed by atoms with Gasteiger partial charge >= 0.3 is 12.3 Å². The van der Waals surface area contributed by atoms with Crippen LogP contribution in [0.5, 0.6) is 17.2 Å². The van der Waals surface area contributed by atoms with Gasteiger partial charge in [-0.25, -0.2) is 0 Å². The smallest absolute Gasteiger partial charge is 0.319 e. The van der Waals surface area contributed by atoms with E-state index in [9.17, 15) is 20.1 Å². The van der Waals surface area contributed by atoms with Gasteiger partial charge in [0.05, 0.1) is 49.5 Å². The fraction of sp³-hybridized carbons (Fsp3) is 0.239. The van der Waals surface area contributed by atoms with Gasteiger partial charge in [0.25, 0.3) is 5.91 Å². The second-order valence-electron chi connectivity index (χ2n) is 14.2. The normalized spacial score (nSPS) is 16.2. The molecule has 3 fully saturated rings. The first kappa shape index (κ1) is 39.4. The number of benzene rings is 4. The van der Waals surface area contributed by atoms with E-state index in [1.165, 1.54) is 18.4 Å². The van der Waals surface area contributed by atoms with Crippen LogP contribution in [0.2, 0.25) is 5.02 Å². The zero-order chi connectivity index (χ0) is 40.6. The van der Waals surface area contributed by atoms with Crippen LogP contribution >= 0.6 is 11.6 Å². The lowest BCUT2D eigenvalue weighted by Gasteiger charge is -2.41. The summed E-state index contributed by atoms with van der Waals surface area (Å²) < 4.78 is 18.2. The molecule has 4 aromatic rings. The van der Waals surface area contributed by atoms with Gasteiger partial charge in [-0.2, -0.15) is 10.5 Å². The number of hydrogen-bond donors (Lipinski definition) is 0. The largest absolute Gasteiger partial charge is 0.488 e. The molecular formula is C46H40ClN6O5+. The molecule has 0 aliphatic carbocycles. The Morgan fingerprint density at radius 3 is 2.21 bits per heavy atom. The van der Waals surface area contributed by atoms with E-state index in [2.05, 4.69) is 47.5 Å². The zero-order valence-electron chi connectivity index (χ0n) is 31.8. The number of halogens is 1. The minimum absolute atomic E-state index is 0.0687. The zero-order valence-corrected chi connectivity index (χ0v) is 32.6. The van der Waals surface area contributed by atoms with Gasteiger partial charge in [-0.15, -0.1) is 0 Å². The Balaban J connectivity index is 0.811. The SMILES string of the molecule is C=CC(=O)N1CC(Oc2ccc(/C=C/C(C)N3CC(Oc4ccc(C#[N+]/C=C/C(=O)N5CC(Oc6cc(C#N)cc(-c7ccccc7Cl)c6)C5)cc4)C3)cc2C#N)C1. The molecule has 3 saturated heterocycles. The summed E-state index contributed by atoms with van der Waals surface area (Å²) in [6.45, 7) is 9.00. The van der Waals surface area contributed by atoms with E-state index >= 15 is 0 Å².